The highest BCUT2D eigenvalue weighted by Gasteiger charge is 2.03. The third kappa shape index (κ3) is 3.43. The minimum atomic E-state index is 0.136. The minimum absolute atomic E-state index is 0.136. The predicted molar refractivity (Wildman–Crippen MR) is 66.3 cm³/mol. The van der Waals surface area contributed by atoms with Gasteiger partial charge in [-0.1, -0.05) is 11.2 Å². The van der Waals surface area contributed by atoms with E-state index in [4.69, 9.17) is 15.7 Å². The number of nitrogens with zero attached hydrogens (tertiary/aromatic N) is 1. The molecule has 0 aliphatic heterocycles. The molecule has 1 aromatic carbocycles. The zero-order chi connectivity index (χ0) is 12.0. The summed E-state index contributed by atoms with van der Waals surface area (Å²) in [6, 6.07) is 5.73. The number of methoxy groups -OCH3 is 1. The molecule has 5 heteroatoms. The quantitative estimate of drug-likeness (QED) is 0.206. The molecule has 0 unspecified atom stereocenters. The molecule has 0 fully saturated rings. The number of benzene rings is 1. The molecule has 1 rings (SSSR count). The van der Waals surface area contributed by atoms with Crippen molar-refractivity contribution in [3.8, 4) is 0 Å². The van der Waals surface area contributed by atoms with Crippen LogP contribution in [0.3, 0.4) is 0 Å². The van der Waals surface area contributed by atoms with Crippen LogP contribution in [0.4, 0.5) is 0 Å². The molecular formula is C11H16N2O2S. The van der Waals surface area contributed by atoms with Crippen LogP contribution >= 0.6 is 11.8 Å². The molecule has 1 aromatic rings. The molecule has 0 saturated carbocycles. The summed E-state index contributed by atoms with van der Waals surface area (Å²) in [7, 11) is 1.69. The number of amidine groups is 1. The summed E-state index contributed by atoms with van der Waals surface area (Å²) in [5.41, 5.74) is 7.36. The zero-order valence-electron chi connectivity index (χ0n) is 9.43. The van der Waals surface area contributed by atoms with Crippen LogP contribution in [-0.4, -0.2) is 30.5 Å². The van der Waals surface area contributed by atoms with E-state index in [1.165, 1.54) is 4.90 Å². The van der Waals surface area contributed by atoms with E-state index in [2.05, 4.69) is 5.16 Å². The van der Waals surface area contributed by atoms with Crippen LogP contribution < -0.4 is 5.73 Å². The van der Waals surface area contributed by atoms with Gasteiger partial charge in [-0.2, -0.15) is 0 Å². The SMILES string of the molecule is COCCSc1ccc(/C(N)=N/O)cc1C. The molecule has 0 spiro atoms. The van der Waals surface area contributed by atoms with Crippen LogP contribution in [0.1, 0.15) is 11.1 Å². The third-order valence-corrected chi connectivity index (χ3v) is 3.26. The molecule has 0 aliphatic carbocycles. The standard InChI is InChI=1S/C11H16N2O2S/c1-8-7-9(11(12)13-14)3-4-10(8)16-6-5-15-2/h3-4,7,14H,5-6H2,1-2H3,(H2,12,13). The smallest absolute Gasteiger partial charge is 0.170 e. The van der Waals surface area contributed by atoms with Crippen LogP contribution in [0.2, 0.25) is 0 Å². The van der Waals surface area contributed by atoms with Crippen molar-refractivity contribution in [1.82, 2.24) is 0 Å². The Morgan fingerprint density at radius 2 is 2.31 bits per heavy atom. The maximum atomic E-state index is 8.56. The van der Waals surface area contributed by atoms with Crippen molar-refractivity contribution < 1.29 is 9.94 Å². The van der Waals surface area contributed by atoms with E-state index < -0.39 is 0 Å². The Morgan fingerprint density at radius 3 is 2.88 bits per heavy atom. The first-order chi connectivity index (χ1) is 7.69. The second-order valence-corrected chi connectivity index (χ2v) is 4.44. The molecule has 0 radical (unpaired) electrons. The van der Waals surface area contributed by atoms with Gasteiger partial charge in [0.2, 0.25) is 0 Å². The first-order valence-corrected chi connectivity index (χ1v) is 5.88. The van der Waals surface area contributed by atoms with Gasteiger partial charge in [0, 0.05) is 23.3 Å². The number of nitrogens with two attached hydrogens (primary N) is 1. The Bertz CT molecular complexity index is 380. The monoisotopic (exact) mass is 240 g/mol. The largest absolute Gasteiger partial charge is 0.409 e. The lowest BCUT2D eigenvalue weighted by molar-refractivity contribution is 0.218. The number of hydrogen-bond acceptors (Lipinski definition) is 4. The maximum Gasteiger partial charge on any atom is 0.170 e. The van der Waals surface area contributed by atoms with Crippen LogP contribution in [0.25, 0.3) is 0 Å². The Balaban J connectivity index is 2.75. The van der Waals surface area contributed by atoms with E-state index >= 15 is 0 Å². The summed E-state index contributed by atoms with van der Waals surface area (Å²) in [4.78, 5) is 1.19. The fraction of sp³-hybridized carbons (Fsp3) is 0.364. The second kappa shape index (κ2) is 6.40. The summed E-state index contributed by atoms with van der Waals surface area (Å²) in [5.74, 6) is 1.05. The first-order valence-electron chi connectivity index (χ1n) is 4.89. The molecule has 0 heterocycles. The molecule has 0 bridgehead atoms. The number of thioether (sulfide) groups is 1. The lowest BCUT2D eigenvalue weighted by Gasteiger charge is -2.07. The van der Waals surface area contributed by atoms with Crippen LogP contribution in [0.15, 0.2) is 28.3 Å². The van der Waals surface area contributed by atoms with Gasteiger partial charge < -0.3 is 15.7 Å². The topological polar surface area (TPSA) is 67.8 Å². The molecule has 0 amide bonds. The van der Waals surface area contributed by atoms with E-state index in [1.807, 2.05) is 25.1 Å². The molecule has 88 valence electrons. The Morgan fingerprint density at radius 1 is 1.56 bits per heavy atom. The summed E-state index contributed by atoms with van der Waals surface area (Å²) in [6.07, 6.45) is 0. The van der Waals surface area contributed by atoms with Crippen molar-refractivity contribution in [2.45, 2.75) is 11.8 Å². The Hall–Kier alpha value is -1.20. The van der Waals surface area contributed by atoms with Crippen molar-refractivity contribution in [2.24, 2.45) is 10.9 Å². The third-order valence-electron chi connectivity index (χ3n) is 2.12. The van der Waals surface area contributed by atoms with Gasteiger partial charge in [0.15, 0.2) is 5.84 Å². The van der Waals surface area contributed by atoms with Gasteiger partial charge in [-0.05, 0) is 24.6 Å². The van der Waals surface area contributed by atoms with Gasteiger partial charge in [0.05, 0.1) is 6.61 Å². The molecule has 0 aliphatic rings. The lowest BCUT2D eigenvalue weighted by atomic mass is 10.1. The molecule has 16 heavy (non-hydrogen) atoms. The van der Waals surface area contributed by atoms with Gasteiger partial charge in [-0.15, -0.1) is 11.8 Å². The summed E-state index contributed by atoms with van der Waals surface area (Å²) < 4.78 is 4.99. The second-order valence-electron chi connectivity index (χ2n) is 3.31. The highest BCUT2D eigenvalue weighted by molar-refractivity contribution is 7.99. The van der Waals surface area contributed by atoms with E-state index in [9.17, 15) is 0 Å². The minimum Gasteiger partial charge on any atom is -0.409 e. The lowest BCUT2D eigenvalue weighted by Crippen LogP contribution is -2.13. The molecule has 0 aromatic heterocycles. The molecular weight excluding hydrogens is 224 g/mol. The fourth-order valence-electron chi connectivity index (χ4n) is 1.26. The summed E-state index contributed by atoms with van der Waals surface area (Å²) in [6.45, 7) is 2.73. The Labute approximate surface area is 99.5 Å². The van der Waals surface area contributed by atoms with Gasteiger partial charge in [-0.25, -0.2) is 0 Å². The molecule has 4 nitrogen and oxygen atoms in total. The Kier molecular flexibility index (Phi) is 5.14. The fourth-order valence-corrected chi connectivity index (χ4v) is 2.18. The number of hydrogen-bond donors (Lipinski definition) is 2. The van der Waals surface area contributed by atoms with Crippen molar-refractivity contribution in [3.05, 3.63) is 29.3 Å². The highest BCUT2D eigenvalue weighted by Crippen LogP contribution is 2.23. The number of rotatable bonds is 5. The van der Waals surface area contributed by atoms with Gasteiger partial charge in [-0.3, -0.25) is 0 Å². The van der Waals surface area contributed by atoms with Crippen molar-refractivity contribution in [1.29, 1.82) is 0 Å². The van der Waals surface area contributed by atoms with E-state index in [0.29, 0.717) is 0 Å². The van der Waals surface area contributed by atoms with Gasteiger partial charge in [0.25, 0.3) is 0 Å². The molecule has 0 saturated heterocycles. The van der Waals surface area contributed by atoms with Crippen LogP contribution in [0, 0.1) is 6.92 Å². The van der Waals surface area contributed by atoms with Crippen molar-refractivity contribution in [3.63, 3.8) is 0 Å². The summed E-state index contributed by atoms with van der Waals surface area (Å²) in [5, 5.41) is 11.5. The predicted octanol–water partition coefficient (Wildman–Crippen LogP) is 1.83. The van der Waals surface area contributed by atoms with Crippen LogP contribution in [-0.2, 0) is 4.74 Å². The van der Waals surface area contributed by atoms with E-state index in [0.717, 1.165) is 23.5 Å². The normalized spacial score (nSPS) is 11.8. The zero-order valence-corrected chi connectivity index (χ0v) is 10.3. The van der Waals surface area contributed by atoms with Crippen LogP contribution in [0.5, 0.6) is 0 Å². The van der Waals surface area contributed by atoms with Crippen molar-refractivity contribution >= 4 is 17.6 Å². The average Bonchev–Trinajstić information content (AvgIpc) is 2.30. The van der Waals surface area contributed by atoms with Crippen molar-refractivity contribution in [2.75, 3.05) is 19.5 Å². The maximum absolute atomic E-state index is 8.56. The van der Waals surface area contributed by atoms with Gasteiger partial charge in [0.1, 0.15) is 0 Å². The van der Waals surface area contributed by atoms with Gasteiger partial charge >= 0.3 is 0 Å². The van der Waals surface area contributed by atoms with E-state index in [1.54, 1.807) is 18.9 Å². The summed E-state index contributed by atoms with van der Waals surface area (Å²) >= 11 is 1.73. The molecule has 0 atom stereocenters. The van der Waals surface area contributed by atoms with E-state index in [-0.39, 0.29) is 5.84 Å². The molecule has 3 N–H and O–H groups in total. The highest BCUT2D eigenvalue weighted by atomic mass is 32.2. The number of ether oxygens (including phenoxy) is 1. The number of aryl methyl sites for hydroxylation is 1. The number of oxime groups is 1. The first kappa shape index (κ1) is 12.9. The average molecular weight is 240 g/mol.